The molecule has 0 spiro atoms. The normalized spacial score (nSPS) is 10.9. The van der Waals surface area contributed by atoms with Crippen molar-refractivity contribution in [2.75, 3.05) is 0 Å². The van der Waals surface area contributed by atoms with E-state index < -0.39 is 23.6 Å². The van der Waals surface area contributed by atoms with Gasteiger partial charge in [-0.25, -0.2) is 17.6 Å². The first-order valence-corrected chi connectivity index (χ1v) is 7.60. The van der Waals surface area contributed by atoms with Gasteiger partial charge in [-0.15, -0.1) is 0 Å². The molecule has 4 heteroatoms. The molecule has 0 aromatic heterocycles. The van der Waals surface area contributed by atoms with Crippen LogP contribution < -0.4 is 0 Å². The monoisotopic (exact) mass is 342 g/mol. The number of rotatable bonds is 4. The molecule has 3 aromatic carbocycles. The summed E-state index contributed by atoms with van der Waals surface area (Å²) in [4.78, 5) is 0. The van der Waals surface area contributed by atoms with E-state index in [-0.39, 0.29) is 5.56 Å². The number of hydrogen-bond donors (Lipinski definition) is 0. The molecule has 0 fully saturated rings. The quantitative estimate of drug-likeness (QED) is 0.453. The molecule has 0 aliphatic heterocycles. The van der Waals surface area contributed by atoms with E-state index in [4.69, 9.17) is 0 Å². The van der Waals surface area contributed by atoms with Gasteiger partial charge in [0.2, 0.25) is 0 Å². The molecule has 0 amide bonds. The first-order chi connectivity index (χ1) is 12.0. The summed E-state index contributed by atoms with van der Waals surface area (Å²) in [7, 11) is 0. The third-order valence-corrected chi connectivity index (χ3v) is 4.00. The molecule has 0 radical (unpaired) electrons. The standard InChI is InChI=1S/C21H14F4/c1-2-13-3-5-14(6-4-13)15-7-9-16(10-8-15)17-11-18(22)20(21(24)25)19(23)12-17/h2-12,21H,1H2. The van der Waals surface area contributed by atoms with E-state index in [1.807, 2.05) is 36.4 Å². The Balaban J connectivity index is 1.93. The molecule has 0 aliphatic rings. The number of benzene rings is 3. The van der Waals surface area contributed by atoms with Crippen LogP contribution in [0.15, 0.2) is 67.2 Å². The lowest BCUT2D eigenvalue weighted by molar-refractivity contribution is 0.141. The van der Waals surface area contributed by atoms with Crippen LogP contribution in [0.1, 0.15) is 17.6 Å². The van der Waals surface area contributed by atoms with Crippen molar-refractivity contribution in [1.82, 2.24) is 0 Å². The zero-order valence-corrected chi connectivity index (χ0v) is 13.1. The fourth-order valence-corrected chi connectivity index (χ4v) is 2.63. The molecular formula is C21H14F4. The molecular weight excluding hydrogens is 328 g/mol. The Kier molecular flexibility index (Phi) is 4.70. The average molecular weight is 342 g/mol. The summed E-state index contributed by atoms with van der Waals surface area (Å²) in [5.41, 5.74) is 2.50. The van der Waals surface area contributed by atoms with Crippen LogP contribution >= 0.6 is 0 Å². The number of halogens is 4. The molecule has 126 valence electrons. The second kappa shape index (κ2) is 6.93. The maximum absolute atomic E-state index is 13.7. The van der Waals surface area contributed by atoms with Crippen molar-refractivity contribution in [1.29, 1.82) is 0 Å². The zero-order valence-electron chi connectivity index (χ0n) is 13.1. The summed E-state index contributed by atoms with van der Waals surface area (Å²) in [6.07, 6.45) is -1.44. The maximum Gasteiger partial charge on any atom is 0.269 e. The SMILES string of the molecule is C=Cc1ccc(-c2ccc(-c3cc(F)c(C(F)F)c(F)c3)cc2)cc1. The minimum absolute atomic E-state index is 0.216. The average Bonchev–Trinajstić information content (AvgIpc) is 2.61. The third kappa shape index (κ3) is 3.48. The zero-order chi connectivity index (χ0) is 18.0. The van der Waals surface area contributed by atoms with E-state index in [1.165, 1.54) is 0 Å². The van der Waals surface area contributed by atoms with Gasteiger partial charge in [0.15, 0.2) is 0 Å². The van der Waals surface area contributed by atoms with Crippen LogP contribution in [0, 0.1) is 11.6 Å². The van der Waals surface area contributed by atoms with Crippen LogP contribution in [0.4, 0.5) is 17.6 Å². The summed E-state index contributed by atoms with van der Waals surface area (Å²) in [6.45, 7) is 3.70. The second-order valence-electron chi connectivity index (χ2n) is 5.56. The summed E-state index contributed by atoms with van der Waals surface area (Å²) in [5, 5.41) is 0. The molecule has 0 unspecified atom stereocenters. The van der Waals surface area contributed by atoms with Gasteiger partial charge >= 0.3 is 0 Å². The van der Waals surface area contributed by atoms with Crippen LogP contribution in [-0.4, -0.2) is 0 Å². The molecule has 0 heterocycles. The lowest BCUT2D eigenvalue weighted by Crippen LogP contribution is -1.97. The molecule has 3 aromatic rings. The summed E-state index contributed by atoms with van der Waals surface area (Å²) in [5.74, 6) is -2.48. The largest absolute Gasteiger partial charge is 0.269 e. The van der Waals surface area contributed by atoms with E-state index in [9.17, 15) is 17.6 Å². The van der Waals surface area contributed by atoms with Crippen molar-refractivity contribution >= 4 is 6.08 Å². The topological polar surface area (TPSA) is 0 Å². The number of alkyl halides is 2. The lowest BCUT2D eigenvalue weighted by Gasteiger charge is -2.09. The molecule has 0 nitrogen and oxygen atoms in total. The fraction of sp³-hybridized carbons (Fsp3) is 0.0476. The minimum Gasteiger partial charge on any atom is -0.206 e. The van der Waals surface area contributed by atoms with Gasteiger partial charge in [-0.2, -0.15) is 0 Å². The Morgan fingerprint density at radius 1 is 0.680 bits per heavy atom. The van der Waals surface area contributed by atoms with Gasteiger partial charge in [-0.3, -0.25) is 0 Å². The minimum atomic E-state index is -3.19. The Morgan fingerprint density at radius 3 is 1.48 bits per heavy atom. The van der Waals surface area contributed by atoms with Crippen LogP contribution in [0.2, 0.25) is 0 Å². The van der Waals surface area contributed by atoms with E-state index in [1.54, 1.807) is 18.2 Å². The maximum atomic E-state index is 13.7. The van der Waals surface area contributed by atoms with Crippen LogP contribution in [-0.2, 0) is 0 Å². The third-order valence-electron chi connectivity index (χ3n) is 4.00. The van der Waals surface area contributed by atoms with Crippen LogP contribution in [0.25, 0.3) is 28.3 Å². The smallest absolute Gasteiger partial charge is 0.206 e. The second-order valence-corrected chi connectivity index (χ2v) is 5.56. The highest BCUT2D eigenvalue weighted by molar-refractivity contribution is 5.71. The predicted molar refractivity (Wildman–Crippen MR) is 92.3 cm³/mol. The van der Waals surface area contributed by atoms with Crippen LogP contribution in [0.3, 0.4) is 0 Å². The highest BCUT2D eigenvalue weighted by atomic mass is 19.3. The molecule has 25 heavy (non-hydrogen) atoms. The van der Waals surface area contributed by atoms with Gasteiger partial charge in [0, 0.05) is 0 Å². The number of hydrogen-bond acceptors (Lipinski definition) is 0. The van der Waals surface area contributed by atoms with Gasteiger partial charge < -0.3 is 0 Å². The van der Waals surface area contributed by atoms with E-state index >= 15 is 0 Å². The van der Waals surface area contributed by atoms with Crippen molar-refractivity contribution < 1.29 is 17.6 Å². The van der Waals surface area contributed by atoms with Gasteiger partial charge in [-0.05, 0) is 39.9 Å². The van der Waals surface area contributed by atoms with Gasteiger partial charge in [0.25, 0.3) is 6.43 Å². The molecule has 0 N–H and O–H groups in total. The first kappa shape index (κ1) is 17.0. The van der Waals surface area contributed by atoms with E-state index in [0.717, 1.165) is 28.8 Å². The van der Waals surface area contributed by atoms with Crippen LogP contribution in [0.5, 0.6) is 0 Å². The summed E-state index contributed by atoms with van der Waals surface area (Å²) < 4.78 is 52.7. The lowest BCUT2D eigenvalue weighted by atomic mass is 9.98. The molecule has 3 rings (SSSR count). The molecule has 0 saturated carbocycles. The Bertz CT molecular complexity index is 871. The van der Waals surface area contributed by atoms with Crippen molar-refractivity contribution in [2.24, 2.45) is 0 Å². The van der Waals surface area contributed by atoms with Crippen molar-refractivity contribution in [3.05, 3.63) is 90.0 Å². The van der Waals surface area contributed by atoms with Crippen molar-refractivity contribution in [2.45, 2.75) is 6.43 Å². The molecule has 0 bridgehead atoms. The van der Waals surface area contributed by atoms with Gasteiger partial charge in [0.1, 0.15) is 11.6 Å². The summed E-state index contributed by atoms with van der Waals surface area (Å²) >= 11 is 0. The Morgan fingerprint density at radius 2 is 1.08 bits per heavy atom. The molecule has 0 atom stereocenters. The van der Waals surface area contributed by atoms with Gasteiger partial charge in [-0.1, -0.05) is 61.2 Å². The Hall–Kier alpha value is -2.88. The predicted octanol–water partition coefficient (Wildman–Crippen LogP) is 6.88. The van der Waals surface area contributed by atoms with E-state index in [0.29, 0.717) is 5.56 Å². The first-order valence-electron chi connectivity index (χ1n) is 7.60. The highest BCUT2D eigenvalue weighted by Gasteiger charge is 2.20. The van der Waals surface area contributed by atoms with Gasteiger partial charge in [0.05, 0.1) is 5.56 Å². The Labute approximate surface area is 143 Å². The summed E-state index contributed by atoms with van der Waals surface area (Å²) in [6, 6.07) is 16.7. The fourth-order valence-electron chi connectivity index (χ4n) is 2.63. The molecule has 0 saturated heterocycles. The van der Waals surface area contributed by atoms with Crippen molar-refractivity contribution in [3.63, 3.8) is 0 Å². The highest BCUT2D eigenvalue weighted by Crippen LogP contribution is 2.31. The van der Waals surface area contributed by atoms with Crippen molar-refractivity contribution in [3.8, 4) is 22.3 Å². The molecule has 0 aliphatic carbocycles. The van der Waals surface area contributed by atoms with E-state index in [2.05, 4.69) is 6.58 Å².